The molecule has 1 aromatic rings. The van der Waals surface area contributed by atoms with Gasteiger partial charge in [0.2, 0.25) is 0 Å². The molecule has 0 amide bonds. The first kappa shape index (κ1) is 11.3. The molecule has 0 heterocycles. The normalized spacial score (nSPS) is 13.5. The number of rotatable bonds is 4. The Hall–Kier alpha value is -1.77. The van der Waals surface area contributed by atoms with Crippen molar-refractivity contribution in [3.05, 3.63) is 35.9 Å². The van der Waals surface area contributed by atoms with Crippen LogP contribution in [0.1, 0.15) is 18.4 Å². The molecule has 0 aliphatic carbocycles. The second-order valence-electron chi connectivity index (χ2n) is 3.39. The minimum atomic E-state index is -0.233. The monoisotopic (exact) mass is 198 g/mol. The van der Waals surface area contributed by atoms with Crippen LogP contribution in [0.4, 0.5) is 0 Å². The summed E-state index contributed by atoms with van der Waals surface area (Å²) < 4.78 is 0. The van der Waals surface area contributed by atoms with Gasteiger partial charge in [0.05, 0.1) is 12.6 Å². The Kier molecular flexibility index (Phi) is 4.41. The van der Waals surface area contributed by atoms with Crippen LogP contribution in [0.2, 0.25) is 0 Å². The second-order valence-corrected chi connectivity index (χ2v) is 3.39. The third-order valence-corrected chi connectivity index (χ3v) is 2.39. The summed E-state index contributed by atoms with van der Waals surface area (Å²) in [5.74, 6) is 2.62. The van der Waals surface area contributed by atoms with Crippen molar-refractivity contribution in [3.8, 4) is 18.4 Å². The molecule has 1 rings (SSSR count). The van der Waals surface area contributed by atoms with Gasteiger partial charge in [-0.1, -0.05) is 43.2 Å². The van der Waals surface area contributed by atoms with Crippen molar-refractivity contribution in [2.24, 2.45) is 0 Å². The van der Waals surface area contributed by atoms with Crippen LogP contribution in [0.15, 0.2) is 30.3 Å². The van der Waals surface area contributed by atoms with Gasteiger partial charge in [0.25, 0.3) is 0 Å². The van der Waals surface area contributed by atoms with Crippen LogP contribution in [0, 0.1) is 23.7 Å². The van der Waals surface area contributed by atoms with E-state index in [1.807, 2.05) is 37.3 Å². The fourth-order valence-electron chi connectivity index (χ4n) is 1.45. The molecule has 2 heteroatoms. The number of hydrogen-bond acceptors (Lipinski definition) is 2. The largest absolute Gasteiger partial charge is 0.291 e. The molecular weight excluding hydrogens is 184 g/mol. The van der Waals surface area contributed by atoms with E-state index in [-0.39, 0.29) is 12.0 Å². The highest BCUT2D eigenvalue weighted by atomic mass is 14.9. The minimum Gasteiger partial charge on any atom is -0.291 e. The lowest BCUT2D eigenvalue weighted by molar-refractivity contribution is 0.562. The molecule has 0 fully saturated rings. The molecule has 1 N–H and O–H groups in total. The van der Waals surface area contributed by atoms with E-state index in [4.69, 9.17) is 11.7 Å². The van der Waals surface area contributed by atoms with Gasteiger partial charge in [0.1, 0.15) is 6.04 Å². The van der Waals surface area contributed by atoms with E-state index in [1.165, 1.54) is 0 Å². The average Bonchev–Trinajstić information content (AvgIpc) is 2.31. The zero-order chi connectivity index (χ0) is 11.1. The van der Waals surface area contributed by atoms with Crippen molar-refractivity contribution in [2.45, 2.75) is 18.9 Å². The van der Waals surface area contributed by atoms with Crippen LogP contribution in [0.3, 0.4) is 0 Å². The number of terminal acetylenes is 1. The first-order valence-corrected chi connectivity index (χ1v) is 4.91. The van der Waals surface area contributed by atoms with Crippen LogP contribution in [0.5, 0.6) is 0 Å². The van der Waals surface area contributed by atoms with Gasteiger partial charge in [-0.3, -0.25) is 5.32 Å². The minimum absolute atomic E-state index is 0.143. The molecule has 2 atom stereocenters. The van der Waals surface area contributed by atoms with Crippen molar-refractivity contribution in [1.82, 2.24) is 5.32 Å². The number of hydrogen-bond donors (Lipinski definition) is 1. The topological polar surface area (TPSA) is 35.8 Å². The molecule has 0 aromatic heterocycles. The molecule has 0 saturated carbocycles. The van der Waals surface area contributed by atoms with E-state index in [0.29, 0.717) is 6.54 Å². The second kappa shape index (κ2) is 5.86. The van der Waals surface area contributed by atoms with Crippen molar-refractivity contribution in [2.75, 3.05) is 6.54 Å². The fourth-order valence-corrected chi connectivity index (χ4v) is 1.45. The molecular formula is C13H14N2. The van der Waals surface area contributed by atoms with Gasteiger partial charge >= 0.3 is 0 Å². The van der Waals surface area contributed by atoms with Crippen LogP contribution >= 0.6 is 0 Å². The van der Waals surface area contributed by atoms with Gasteiger partial charge in [-0.2, -0.15) is 5.26 Å². The summed E-state index contributed by atoms with van der Waals surface area (Å²) in [4.78, 5) is 0. The molecule has 0 aliphatic heterocycles. The van der Waals surface area contributed by atoms with Crippen LogP contribution in [-0.4, -0.2) is 12.6 Å². The highest BCUT2D eigenvalue weighted by Crippen LogP contribution is 2.18. The number of benzene rings is 1. The van der Waals surface area contributed by atoms with E-state index in [2.05, 4.69) is 17.3 Å². The highest BCUT2D eigenvalue weighted by Gasteiger charge is 2.16. The third kappa shape index (κ3) is 3.13. The lowest BCUT2D eigenvalue weighted by atomic mass is 9.94. The number of nitrogens with zero attached hydrogens (tertiary/aromatic N) is 1. The Bertz CT molecular complexity index is 370. The summed E-state index contributed by atoms with van der Waals surface area (Å²) in [5, 5.41) is 12.0. The van der Waals surface area contributed by atoms with Crippen molar-refractivity contribution in [1.29, 1.82) is 5.26 Å². The Morgan fingerprint density at radius 3 is 2.60 bits per heavy atom. The molecule has 0 aliphatic rings. The van der Waals surface area contributed by atoms with E-state index < -0.39 is 0 Å². The van der Waals surface area contributed by atoms with Crippen LogP contribution < -0.4 is 5.32 Å². The molecule has 15 heavy (non-hydrogen) atoms. The summed E-state index contributed by atoms with van der Waals surface area (Å²) in [6, 6.07) is 11.9. The van der Waals surface area contributed by atoms with Gasteiger partial charge in [-0.15, -0.1) is 6.42 Å². The van der Waals surface area contributed by atoms with E-state index >= 15 is 0 Å². The maximum Gasteiger partial charge on any atom is 0.103 e. The predicted molar refractivity (Wildman–Crippen MR) is 61.1 cm³/mol. The number of nitrogens with one attached hydrogen (secondary N) is 1. The standard InChI is InChI=1S/C13H14N2/c1-3-9-15-13(10-14)11(2)12-7-5-4-6-8-12/h1,4-8,11,13,15H,9H2,2H3. The summed E-state index contributed by atoms with van der Waals surface area (Å²) in [5.41, 5.74) is 1.15. The molecule has 0 spiro atoms. The first-order valence-electron chi connectivity index (χ1n) is 4.91. The van der Waals surface area contributed by atoms with E-state index in [0.717, 1.165) is 5.56 Å². The molecule has 0 bridgehead atoms. The first-order chi connectivity index (χ1) is 7.29. The van der Waals surface area contributed by atoms with Gasteiger partial charge in [-0.05, 0) is 5.56 Å². The quantitative estimate of drug-likeness (QED) is 0.750. The average molecular weight is 198 g/mol. The Balaban J connectivity index is 2.71. The molecule has 76 valence electrons. The Morgan fingerprint density at radius 1 is 1.40 bits per heavy atom. The highest BCUT2D eigenvalue weighted by molar-refractivity contribution is 5.23. The van der Waals surface area contributed by atoms with Gasteiger partial charge < -0.3 is 0 Å². The molecule has 0 saturated heterocycles. The lowest BCUT2D eigenvalue weighted by Crippen LogP contribution is -2.32. The Labute approximate surface area is 90.9 Å². The lowest BCUT2D eigenvalue weighted by Gasteiger charge is -2.18. The molecule has 0 radical (unpaired) electrons. The predicted octanol–water partition coefficient (Wildman–Crippen LogP) is 1.91. The molecule has 2 nitrogen and oxygen atoms in total. The van der Waals surface area contributed by atoms with E-state index in [1.54, 1.807) is 0 Å². The van der Waals surface area contributed by atoms with Gasteiger partial charge in [0.15, 0.2) is 0 Å². The van der Waals surface area contributed by atoms with E-state index in [9.17, 15) is 0 Å². The van der Waals surface area contributed by atoms with Gasteiger partial charge in [0, 0.05) is 5.92 Å². The summed E-state index contributed by atoms with van der Waals surface area (Å²) in [6.07, 6.45) is 5.15. The SMILES string of the molecule is C#CCNC(C#N)C(C)c1ccccc1. The molecule has 1 aromatic carbocycles. The van der Waals surface area contributed by atoms with Crippen molar-refractivity contribution < 1.29 is 0 Å². The fraction of sp³-hybridized carbons (Fsp3) is 0.308. The van der Waals surface area contributed by atoms with Crippen molar-refractivity contribution >= 4 is 0 Å². The summed E-state index contributed by atoms with van der Waals surface area (Å²) in [7, 11) is 0. The third-order valence-electron chi connectivity index (χ3n) is 2.39. The number of nitriles is 1. The molecule has 2 unspecified atom stereocenters. The maximum atomic E-state index is 9.00. The van der Waals surface area contributed by atoms with Crippen molar-refractivity contribution in [3.63, 3.8) is 0 Å². The summed E-state index contributed by atoms with van der Waals surface area (Å²) >= 11 is 0. The summed E-state index contributed by atoms with van der Waals surface area (Å²) in [6.45, 7) is 2.45. The van der Waals surface area contributed by atoms with Crippen LogP contribution in [0.25, 0.3) is 0 Å². The van der Waals surface area contributed by atoms with Gasteiger partial charge in [-0.25, -0.2) is 0 Å². The zero-order valence-corrected chi connectivity index (χ0v) is 8.77. The zero-order valence-electron chi connectivity index (χ0n) is 8.77. The smallest absolute Gasteiger partial charge is 0.103 e. The Morgan fingerprint density at radius 2 is 2.07 bits per heavy atom. The van der Waals surface area contributed by atoms with Crippen LogP contribution in [-0.2, 0) is 0 Å². The maximum absolute atomic E-state index is 9.00.